The molecule has 3 nitrogen and oxygen atoms in total. The van der Waals surface area contributed by atoms with Gasteiger partial charge in [0.2, 0.25) is 0 Å². The standard InChI is InChI=1S/C12H15F3N2O/c1-3-17(7-12(13,14)15)11(18)10-5-4-9(16)6-8(10)2/h4-6H,3,7,16H2,1-2H3. The third-order valence-corrected chi connectivity index (χ3v) is 2.52. The second-order valence-corrected chi connectivity index (χ2v) is 4.01. The van der Waals surface area contributed by atoms with E-state index >= 15 is 0 Å². The Balaban J connectivity index is 2.97. The van der Waals surface area contributed by atoms with Crippen molar-refractivity contribution < 1.29 is 18.0 Å². The van der Waals surface area contributed by atoms with Gasteiger partial charge in [-0.05, 0) is 37.6 Å². The number of nitrogens with zero attached hydrogens (tertiary/aromatic N) is 1. The van der Waals surface area contributed by atoms with Crippen LogP contribution < -0.4 is 5.73 Å². The molecule has 6 heteroatoms. The first-order chi connectivity index (χ1) is 8.24. The van der Waals surface area contributed by atoms with Crippen molar-refractivity contribution in [3.63, 3.8) is 0 Å². The van der Waals surface area contributed by atoms with E-state index < -0.39 is 18.6 Å². The Hall–Kier alpha value is -1.72. The number of halogens is 3. The predicted octanol–water partition coefficient (Wildman–Crippen LogP) is 2.60. The van der Waals surface area contributed by atoms with Crippen molar-refractivity contribution >= 4 is 11.6 Å². The summed E-state index contributed by atoms with van der Waals surface area (Å²) in [5, 5.41) is 0. The van der Waals surface area contributed by atoms with Crippen molar-refractivity contribution in [3.8, 4) is 0 Å². The number of aryl methyl sites for hydroxylation is 1. The Bertz CT molecular complexity index is 443. The second kappa shape index (κ2) is 5.29. The molecule has 100 valence electrons. The summed E-state index contributed by atoms with van der Waals surface area (Å²) >= 11 is 0. The highest BCUT2D eigenvalue weighted by atomic mass is 19.4. The topological polar surface area (TPSA) is 46.3 Å². The summed E-state index contributed by atoms with van der Waals surface area (Å²) in [5.41, 5.74) is 6.82. The molecule has 0 heterocycles. The van der Waals surface area contributed by atoms with Gasteiger partial charge in [0.05, 0.1) is 0 Å². The van der Waals surface area contributed by atoms with Crippen LogP contribution in [0.5, 0.6) is 0 Å². The fraction of sp³-hybridized carbons (Fsp3) is 0.417. The summed E-state index contributed by atoms with van der Waals surface area (Å²) in [6.07, 6.45) is -4.40. The van der Waals surface area contributed by atoms with Crippen molar-refractivity contribution in [2.75, 3.05) is 18.8 Å². The largest absolute Gasteiger partial charge is 0.406 e. The van der Waals surface area contributed by atoms with Crippen LogP contribution in [0.1, 0.15) is 22.8 Å². The van der Waals surface area contributed by atoms with Crippen LogP contribution in [0.3, 0.4) is 0 Å². The third kappa shape index (κ3) is 3.65. The first-order valence-corrected chi connectivity index (χ1v) is 5.46. The van der Waals surface area contributed by atoms with Crippen LogP contribution in [-0.2, 0) is 0 Å². The average Bonchev–Trinajstić information content (AvgIpc) is 2.24. The maximum absolute atomic E-state index is 12.3. The number of amides is 1. The Kier molecular flexibility index (Phi) is 4.21. The molecule has 18 heavy (non-hydrogen) atoms. The minimum absolute atomic E-state index is 0.00214. The molecule has 0 saturated heterocycles. The van der Waals surface area contributed by atoms with Gasteiger partial charge in [-0.1, -0.05) is 0 Å². The number of anilines is 1. The first kappa shape index (κ1) is 14.3. The minimum atomic E-state index is -4.40. The molecular formula is C12H15F3N2O. The van der Waals surface area contributed by atoms with Crippen molar-refractivity contribution in [1.82, 2.24) is 4.90 Å². The number of nitrogens with two attached hydrogens (primary N) is 1. The first-order valence-electron chi connectivity index (χ1n) is 5.46. The van der Waals surface area contributed by atoms with Crippen molar-refractivity contribution in [3.05, 3.63) is 29.3 Å². The van der Waals surface area contributed by atoms with E-state index in [1.54, 1.807) is 13.0 Å². The SMILES string of the molecule is CCN(CC(F)(F)F)C(=O)c1ccc(N)cc1C. The van der Waals surface area contributed by atoms with E-state index in [0.717, 1.165) is 4.90 Å². The van der Waals surface area contributed by atoms with Crippen molar-refractivity contribution in [2.24, 2.45) is 0 Å². The van der Waals surface area contributed by atoms with Crippen LogP contribution in [0.4, 0.5) is 18.9 Å². The number of rotatable bonds is 3. The quantitative estimate of drug-likeness (QED) is 0.849. The molecule has 0 bridgehead atoms. The van der Waals surface area contributed by atoms with Gasteiger partial charge in [0.15, 0.2) is 0 Å². The molecule has 1 aromatic carbocycles. The molecule has 1 rings (SSSR count). The molecule has 0 aliphatic carbocycles. The van der Waals surface area contributed by atoms with Crippen LogP contribution in [0.2, 0.25) is 0 Å². The summed E-state index contributed by atoms with van der Waals surface area (Å²) in [5.74, 6) is -0.632. The van der Waals surface area contributed by atoms with Gasteiger partial charge in [0.1, 0.15) is 6.54 Å². The van der Waals surface area contributed by atoms with E-state index in [2.05, 4.69) is 0 Å². The van der Waals surface area contributed by atoms with Gasteiger partial charge in [-0.2, -0.15) is 13.2 Å². The smallest absolute Gasteiger partial charge is 0.399 e. The second-order valence-electron chi connectivity index (χ2n) is 4.01. The fourth-order valence-corrected chi connectivity index (χ4v) is 1.64. The van der Waals surface area contributed by atoms with Gasteiger partial charge < -0.3 is 10.6 Å². The summed E-state index contributed by atoms with van der Waals surface area (Å²) in [6.45, 7) is 1.91. The Morgan fingerprint density at radius 2 is 2.00 bits per heavy atom. The minimum Gasteiger partial charge on any atom is -0.399 e. The normalized spacial score (nSPS) is 11.4. The van der Waals surface area contributed by atoms with E-state index in [9.17, 15) is 18.0 Å². The molecule has 0 fully saturated rings. The zero-order chi connectivity index (χ0) is 13.9. The Morgan fingerprint density at radius 1 is 1.39 bits per heavy atom. The molecule has 2 N–H and O–H groups in total. The van der Waals surface area contributed by atoms with Gasteiger partial charge in [-0.25, -0.2) is 0 Å². The number of carbonyl (C=O) groups excluding carboxylic acids is 1. The van der Waals surface area contributed by atoms with E-state index in [1.165, 1.54) is 19.1 Å². The maximum atomic E-state index is 12.3. The molecular weight excluding hydrogens is 245 g/mol. The van der Waals surface area contributed by atoms with E-state index in [-0.39, 0.29) is 12.1 Å². The van der Waals surface area contributed by atoms with Gasteiger partial charge in [0.25, 0.3) is 5.91 Å². The van der Waals surface area contributed by atoms with Crippen LogP contribution >= 0.6 is 0 Å². The van der Waals surface area contributed by atoms with Crippen LogP contribution in [0, 0.1) is 6.92 Å². The van der Waals surface area contributed by atoms with Gasteiger partial charge in [-0.15, -0.1) is 0 Å². The molecule has 0 atom stereocenters. The zero-order valence-corrected chi connectivity index (χ0v) is 10.2. The summed E-state index contributed by atoms with van der Waals surface area (Å²) < 4.78 is 37.0. The number of alkyl halides is 3. The van der Waals surface area contributed by atoms with E-state index in [1.807, 2.05) is 0 Å². The lowest BCUT2D eigenvalue weighted by molar-refractivity contribution is -0.140. The monoisotopic (exact) mass is 260 g/mol. The summed E-state index contributed by atoms with van der Waals surface area (Å²) in [4.78, 5) is 12.7. The average molecular weight is 260 g/mol. The lowest BCUT2D eigenvalue weighted by Crippen LogP contribution is -2.39. The lowest BCUT2D eigenvalue weighted by atomic mass is 10.1. The predicted molar refractivity (Wildman–Crippen MR) is 63.2 cm³/mol. The van der Waals surface area contributed by atoms with Crippen LogP contribution in [0.15, 0.2) is 18.2 Å². The van der Waals surface area contributed by atoms with E-state index in [4.69, 9.17) is 5.73 Å². The highest BCUT2D eigenvalue weighted by Gasteiger charge is 2.32. The number of carbonyl (C=O) groups is 1. The molecule has 0 unspecified atom stereocenters. The molecule has 0 spiro atoms. The molecule has 0 saturated carbocycles. The zero-order valence-electron chi connectivity index (χ0n) is 10.2. The van der Waals surface area contributed by atoms with Gasteiger partial charge in [0, 0.05) is 17.8 Å². The van der Waals surface area contributed by atoms with Gasteiger partial charge in [-0.3, -0.25) is 4.79 Å². The molecule has 0 aliphatic heterocycles. The lowest BCUT2D eigenvalue weighted by Gasteiger charge is -2.23. The van der Waals surface area contributed by atoms with Crippen LogP contribution in [-0.4, -0.2) is 30.1 Å². The highest BCUT2D eigenvalue weighted by Crippen LogP contribution is 2.20. The highest BCUT2D eigenvalue weighted by molar-refractivity contribution is 5.96. The summed E-state index contributed by atoms with van der Waals surface area (Å²) in [6, 6.07) is 4.52. The third-order valence-electron chi connectivity index (χ3n) is 2.52. The molecule has 1 aromatic rings. The fourth-order valence-electron chi connectivity index (χ4n) is 1.64. The van der Waals surface area contributed by atoms with Crippen molar-refractivity contribution in [1.29, 1.82) is 0 Å². The number of nitrogen functional groups attached to an aromatic ring is 1. The Labute approximate surface area is 103 Å². The number of benzene rings is 1. The summed E-state index contributed by atoms with van der Waals surface area (Å²) in [7, 11) is 0. The molecule has 1 amide bonds. The molecule has 0 radical (unpaired) electrons. The molecule has 0 aromatic heterocycles. The van der Waals surface area contributed by atoms with Gasteiger partial charge >= 0.3 is 6.18 Å². The van der Waals surface area contributed by atoms with Crippen LogP contribution in [0.25, 0.3) is 0 Å². The molecule has 0 aliphatic rings. The number of hydrogen-bond donors (Lipinski definition) is 1. The van der Waals surface area contributed by atoms with E-state index in [0.29, 0.717) is 11.3 Å². The number of hydrogen-bond acceptors (Lipinski definition) is 2. The Morgan fingerprint density at radius 3 is 2.44 bits per heavy atom. The van der Waals surface area contributed by atoms with Crippen molar-refractivity contribution in [2.45, 2.75) is 20.0 Å². The maximum Gasteiger partial charge on any atom is 0.406 e.